The first kappa shape index (κ1) is 13.3. The molecule has 0 bridgehead atoms. The molecule has 0 spiro atoms. The van der Waals surface area contributed by atoms with E-state index in [-0.39, 0.29) is 6.10 Å². The first-order valence-electron chi connectivity index (χ1n) is 7.67. The molecule has 3 aromatic rings. The number of ether oxygens (including phenoxy) is 1. The van der Waals surface area contributed by atoms with Crippen molar-refractivity contribution in [3.63, 3.8) is 0 Å². The lowest BCUT2D eigenvalue weighted by Crippen LogP contribution is -2.24. The van der Waals surface area contributed by atoms with E-state index in [2.05, 4.69) is 46.7 Å². The van der Waals surface area contributed by atoms with Gasteiger partial charge in [-0.25, -0.2) is 0 Å². The summed E-state index contributed by atoms with van der Waals surface area (Å²) in [5.41, 5.74) is 1.33. The van der Waals surface area contributed by atoms with Gasteiger partial charge in [0.2, 0.25) is 0 Å². The number of rotatable bonds is 3. The molecule has 22 heavy (non-hydrogen) atoms. The van der Waals surface area contributed by atoms with Gasteiger partial charge in [0.1, 0.15) is 11.9 Å². The molecule has 0 saturated carbocycles. The molecule has 1 aliphatic rings. The van der Waals surface area contributed by atoms with Crippen LogP contribution in [0.15, 0.2) is 67.0 Å². The van der Waals surface area contributed by atoms with E-state index >= 15 is 0 Å². The zero-order chi connectivity index (χ0) is 14.8. The minimum Gasteiger partial charge on any atom is -0.488 e. The number of hydrogen-bond donors (Lipinski definition) is 1. The molecule has 2 aromatic carbocycles. The highest BCUT2D eigenvalue weighted by atomic mass is 16.5. The van der Waals surface area contributed by atoms with E-state index in [9.17, 15) is 0 Å². The molecule has 3 nitrogen and oxygen atoms in total. The highest BCUT2D eigenvalue weighted by Gasteiger charge is 2.30. The molecular weight excluding hydrogens is 272 g/mol. The summed E-state index contributed by atoms with van der Waals surface area (Å²) in [5.74, 6) is 1.33. The third-order valence-electron chi connectivity index (χ3n) is 4.31. The van der Waals surface area contributed by atoms with Crippen molar-refractivity contribution < 1.29 is 4.74 Å². The Labute approximate surface area is 130 Å². The SMILES string of the molecule is c1ccc([C@@H]2CNC[C@@H]2Oc2cccc3cnccc23)cc1. The van der Waals surface area contributed by atoms with Crippen LogP contribution in [0.3, 0.4) is 0 Å². The van der Waals surface area contributed by atoms with Gasteiger partial charge in [-0.3, -0.25) is 4.98 Å². The first-order valence-corrected chi connectivity index (χ1v) is 7.67. The van der Waals surface area contributed by atoms with E-state index in [1.54, 1.807) is 0 Å². The molecule has 0 unspecified atom stereocenters. The maximum absolute atomic E-state index is 6.37. The number of nitrogens with one attached hydrogen (secondary N) is 1. The van der Waals surface area contributed by atoms with Crippen molar-refractivity contribution >= 4 is 10.8 Å². The lowest BCUT2D eigenvalue weighted by molar-refractivity contribution is 0.207. The summed E-state index contributed by atoms with van der Waals surface area (Å²) in [4.78, 5) is 4.18. The quantitative estimate of drug-likeness (QED) is 0.803. The number of benzene rings is 2. The lowest BCUT2D eigenvalue weighted by atomic mass is 9.96. The molecule has 2 heterocycles. The minimum atomic E-state index is 0.154. The van der Waals surface area contributed by atoms with E-state index in [0.29, 0.717) is 5.92 Å². The Balaban J connectivity index is 1.64. The highest BCUT2D eigenvalue weighted by Crippen LogP contribution is 2.30. The van der Waals surface area contributed by atoms with Crippen molar-refractivity contribution in [3.05, 3.63) is 72.6 Å². The van der Waals surface area contributed by atoms with Crippen molar-refractivity contribution in [2.75, 3.05) is 13.1 Å². The van der Waals surface area contributed by atoms with Crippen LogP contribution < -0.4 is 10.1 Å². The van der Waals surface area contributed by atoms with Gasteiger partial charge < -0.3 is 10.1 Å². The monoisotopic (exact) mass is 290 g/mol. The second kappa shape index (κ2) is 5.78. The molecule has 2 atom stereocenters. The normalized spacial score (nSPS) is 21.1. The summed E-state index contributed by atoms with van der Waals surface area (Å²) in [6, 6.07) is 18.8. The van der Waals surface area contributed by atoms with Crippen molar-refractivity contribution in [2.24, 2.45) is 0 Å². The van der Waals surface area contributed by atoms with Gasteiger partial charge in [0.25, 0.3) is 0 Å². The molecule has 0 aliphatic carbocycles. The van der Waals surface area contributed by atoms with Gasteiger partial charge in [-0.05, 0) is 17.7 Å². The largest absolute Gasteiger partial charge is 0.488 e. The van der Waals surface area contributed by atoms with Gasteiger partial charge in [0.15, 0.2) is 0 Å². The zero-order valence-corrected chi connectivity index (χ0v) is 12.3. The number of aromatic nitrogens is 1. The third-order valence-corrected chi connectivity index (χ3v) is 4.31. The van der Waals surface area contributed by atoms with Crippen molar-refractivity contribution in [2.45, 2.75) is 12.0 Å². The molecule has 1 fully saturated rings. The van der Waals surface area contributed by atoms with Gasteiger partial charge in [0, 0.05) is 42.2 Å². The maximum atomic E-state index is 6.37. The third kappa shape index (κ3) is 2.44. The predicted molar refractivity (Wildman–Crippen MR) is 88.2 cm³/mol. The lowest BCUT2D eigenvalue weighted by Gasteiger charge is -2.21. The number of nitrogens with zero attached hydrogens (tertiary/aromatic N) is 1. The second-order valence-electron chi connectivity index (χ2n) is 5.68. The standard InChI is InChI=1S/C19H18N2O/c1-2-5-14(6-3-1)17-12-21-13-19(17)22-18-8-4-7-15-11-20-10-9-16(15)18/h1-11,17,19,21H,12-13H2/t17-,19-/m0/s1. The van der Waals surface area contributed by atoms with Crippen molar-refractivity contribution in [1.29, 1.82) is 0 Å². The van der Waals surface area contributed by atoms with Gasteiger partial charge in [0.05, 0.1) is 0 Å². The van der Waals surface area contributed by atoms with Crippen LogP contribution in [0.25, 0.3) is 10.8 Å². The Bertz CT molecular complexity index is 767. The molecular formula is C19H18N2O. The summed E-state index contributed by atoms with van der Waals surface area (Å²) < 4.78 is 6.37. The Morgan fingerprint density at radius 2 is 1.86 bits per heavy atom. The fraction of sp³-hybridized carbons (Fsp3) is 0.211. The summed E-state index contributed by atoms with van der Waals surface area (Å²) >= 11 is 0. The Morgan fingerprint density at radius 1 is 0.955 bits per heavy atom. The van der Waals surface area contributed by atoms with E-state index < -0.39 is 0 Å². The van der Waals surface area contributed by atoms with E-state index in [1.807, 2.05) is 30.6 Å². The average molecular weight is 290 g/mol. The maximum Gasteiger partial charge on any atom is 0.127 e. The van der Waals surface area contributed by atoms with Crippen LogP contribution in [0.1, 0.15) is 11.5 Å². The summed E-state index contributed by atoms with van der Waals surface area (Å²) in [7, 11) is 0. The van der Waals surface area contributed by atoms with Gasteiger partial charge >= 0.3 is 0 Å². The fourth-order valence-corrected chi connectivity index (χ4v) is 3.17. The van der Waals surface area contributed by atoms with Gasteiger partial charge in [-0.2, -0.15) is 0 Å². The van der Waals surface area contributed by atoms with E-state index in [4.69, 9.17) is 4.74 Å². The Hall–Kier alpha value is -2.39. The molecule has 1 aromatic heterocycles. The molecule has 0 amide bonds. The van der Waals surface area contributed by atoms with Crippen LogP contribution in [0.2, 0.25) is 0 Å². The van der Waals surface area contributed by atoms with Crippen LogP contribution in [0, 0.1) is 0 Å². The molecule has 4 rings (SSSR count). The smallest absolute Gasteiger partial charge is 0.127 e. The van der Waals surface area contributed by atoms with Gasteiger partial charge in [-0.1, -0.05) is 42.5 Å². The Morgan fingerprint density at radius 3 is 2.77 bits per heavy atom. The average Bonchev–Trinajstić information content (AvgIpc) is 3.04. The van der Waals surface area contributed by atoms with E-state index in [1.165, 1.54) is 5.56 Å². The topological polar surface area (TPSA) is 34.1 Å². The molecule has 1 aliphatic heterocycles. The molecule has 1 saturated heterocycles. The molecule has 0 radical (unpaired) electrons. The number of fused-ring (bicyclic) bond motifs is 1. The summed E-state index contributed by atoms with van der Waals surface area (Å²) in [5, 5.41) is 5.69. The first-order chi connectivity index (χ1) is 10.9. The van der Waals surface area contributed by atoms with Crippen molar-refractivity contribution in [1.82, 2.24) is 10.3 Å². The molecule has 110 valence electrons. The number of pyridine rings is 1. The minimum absolute atomic E-state index is 0.154. The molecule has 1 N–H and O–H groups in total. The fourth-order valence-electron chi connectivity index (χ4n) is 3.17. The van der Waals surface area contributed by atoms with Crippen molar-refractivity contribution in [3.8, 4) is 5.75 Å². The predicted octanol–water partition coefficient (Wildman–Crippen LogP) is 3.37. The summed E-state index contributed by atoms with van der Waals surface area (Å²) in [6.07, 6.45) is 3.85. The van der Waals surface area contributed by atoms with Crippen LogP contribution >= 0.6 is 0 Å². The Kier molecular flexibility index (Phi) is 3.49. The number of hydrogen-bond acceptors (Lipinski definition) is 3. The summed E-state index contributed by atoms with van der Waals surface area (Å²) in [6.45, 7) is 1.84. The highest BCUT2D eigenvalue weighted by molar-refractivity contribution is 5.87. The molecule has 3 heteroatoms. The van der Waals surface area contributed by atoms with Crippen LogP contribution in [-0.4, -0.2) is 24.2 Å². The second-order valence-corrected chi connectivity index (χ2v) is 5.68. The van der Waals surface area contributed by atoms with Crippen LogP contribution in [0.4, 0.5) is 0 Å². The van der Waals surface area contributed by atoms with E-state index in [0.717, 1.165) is 29.6 Å². The zero-order valence-electron chi connectivity index (χ0n) is 12.3. The van der Waals surface area contributed by atoms with Gasteiger partial charge in [-0.15, -0.1) is 0 Å². The van der Waals surface area contributed by atoms with Crippen LogP contribution in [0.5, 0.6) is 5.75 Å². The van der Waals surface area contributed by atoms with Crippen LogP contribution in [-0.2, 0) is 0 Å².